The molecule has 0 saturated carbocycles. The fourth-order valence-electron chi connectivity index (χ4n) is 6.84. The van der Waals surface area contributed by atoms with Crippen LogP contribution in [0.1, 0.15) is 13.8 Å². The Morgan fingerprint density at radius 1 is 0.918 bits per heavy atom. The summed E-state index contributed by atoms with van der Waals surface area (Å²) in [6, 6.07) is 22.1. The highest BCUT2D eigenvalue weighted by Gasteiger charge is 2.35. The molecule has 1 atom stereocenters. The van der Waals surface area contributed by atoms with Crippen LogP contribution in [0.25, 0.3) is 44.3 Å². The van der Waals surface area contributed by atoms with Crippen LogP contribution >= 0.6 is 0 Å². The fourth-order valence-corrected chi connectivity index (χ4v) is 6.84. The number of methoxy groups -OCH3 is 2. The van der Waals surface area contributed by atoms with Crippen molar-refractivity contribution in [1.29, 1.82) is 0 Å². The van der Waals surface area contributed by atoms with Crippen LogP contribution in [0.15, 0.2) is 88.9 Å². The van der Waals surface area contributed by atoms with Gasteiger partial charge in [0.25, 0.3) is 5.56 Å². The van der Waals surface area contributed by atoms with E-state index in [0.29, 0.717) is 85.7 Å². The average Bonchev–Trinajstić information content (AvgIpc) is 3.64. The highest BCUT2D eigenvalue weighted by atomic mass is 16.9. The van der Waals surface area contributed by atoms with Gasteiger partial charge in [-0.25, -0.2) is 25.0 Å². The van der Waals surface area contributed by atoms with E-state index in [9.17, 15) is 10.0 Å². The molecule has 1 unspecified atom stereocenters. The van der Waals surface area contributed by atoms with Gasteiger partial charge in [0.05, 0.1) is 54.9 Å². The summed E-state index contributed by atoms with van der Waals surface area (Å²) < 4.78 is 12.4. The number of hydrogen-bond donors (Lipinski definition) is 4. The molecule has 314 valence electrons. The van der Waals surface area contributed by atoms with Gasteiger partial charge in [0.1, 0.15) is 23.2 Å². The van der Waals surface area contributed by atoms with E-state index in [1.54, 1.807) is 58.9 Å². The standard InChI is InChI=1S/C43H46N12O6/c1-25(2)46-41-39-35(45-24-54(6)60-39)22-31(49-41)26-9-13-29(14-10-26)55(57,18-17-52(3)4)61-42-30-15-12-28(20-33(30)50-51-42)47-40-38-34(44-23-53(5)43(38)56)21-32(48-40)27-11-16-36(58-7)37(19-27)59-8/h9-16,19-25,57H,17-18H2,1-8H3,(H2-,46,47,48,49,50,51,56)/p+1. The van der Waals surface area contributed by atoms with Gasteiger partial charge in [0, 0.05) is 53.9 Å². The molecule has 0 aliphatic carbocycles. The van der Waals surface area contributed by atoms with Gasteiger partial charge < -0.3 is 34.4 Å². The molecule has 1 aliphatic heterocycles. The van der Waals surface area contributed by atoms with Gasteiger partial charge in [-0.15, -0.1) is 5.10 Å². The summed E-state index contributed by atoms with van der Waals surface area (Å²) in [6.45, 7) is 4.73. The van der Waals surface area contributed by atoms with E-state index < -0.39 is 4.81 Å². The van der Waals surface area contributed by atoms with Crippen LogP contribution in [-0.4, -0.2) is 106 Å². The first-order valence-corrected chi connectivity index (χ1v) is 19.5. The second kappa shape index (κ2) is 16.4. The highest BCUT2D eigenvalue weighted by molar-refractivity contribution is 5.94. The number of pyridine rings is 2. The highest BCUT2D eigenvalue weighted by Crippen LogP contribution is 2.41. The third-order valence-electron chi connectivity index (χ3n) is 10.0. The van der Waals surface area contributed by atoms with Crippen molar-refractivity contribution < 1.29 is 24.4 Å². The van der Waals surface area contributed by atoms with Gasteiger partial charge >= 0.3 is 5.88 Å². The fraction of sp³-hybridized carbons (Fsp3) is 0.256. The molecule has 1 aliphatic rings. The van der Waals surface area contributed by atoms with E-state index in [0.717, 1.165) is 11.1 Å². The number of aromatic nitrogens is 6. The Morgan fingerprint density at radius 3 is 2.39 bits per heavy atom. The smallest absolute Gasteiger partial charge is 0.312 e. The number of aliphatic imine (C=N–C) groups is 1. The second-order valence-corrected chi connectivity index (χ2v) is 15.1. The molecule has 0 saturated heterocycles. The number of nitrogens with zero attached hydrogens (tertiary/aromatic N) is 9. The first-order chi connectivity index (χ1) is 29.3. The Labute approximate surface area is 351 Å². The summed E-state index contributed by atoms with van der Waals surface area (Å²) in [4.78, 5) is 45.7. The number of H-pyrrole nitrogens is 1. The lowest BCUT2D eigenvalue weighted by molar-refractivity contribution is -0.268. The SMILES string of the molecule is COc1ccc(-c2cc3ncn(C)c(=O)c3c(Nc3ccc4c(O[N+](O)(CCN(C)C)c5ccc(-c6cc7c(c(NC(C)C)n6)ON(C)C=N7)cc5)n[nH]c4c3)n2)cc1OC. The van der Waals surface area contributed by atoms with Gasteiger partial charge in [-0.05, 0) is 88.6 Å². The molecule has 0 amide bonds. The number of quaternary nitrogens is 1. The third kappa shape index (κ3) is 8.19. The quantitative estimate of drug-likeness (QED) is 0.0672. The van der Waals surface area contributed by atoms with Crippen LogP contribution in [0.5, 0.6) is 23.1 Å². The van der Waals surface area contributed by atoms with E-state index in [4.69, 9.17) is 29.1 Å². The van der Waals surface area contributed by atoms with Gasteiger partial charge in [0.15, 0.2) is 23.9 Å². The lowest BCUT2D eigenvalue weighted by atomic mass is 10.1. The number of aromatic amines is 1. The molecule has 4 aromatic heterocycles. The van der Waals surface area contributed by atoms with Crippen LogP contribution in [-0.2, 0) is 7.05 Å². The molecule has 18 heteroatoms. The number of fused-ring (bicyclic) bond motifs is 3. The molecule has 5 heterocycles. The van der Waals surface area contributed by atoms with E-state index in [1.165, 1.54) is 16.0 Å². The normalized spacial score (nSPS) is 13.3. The summed E-state index contributed by atoms with van der Waals surface area (Å²) in [5.74, 6) is 2.74. The van der Waals surface area contributed by atoms with Crippen molar-refractivity contribution in [2.45, 2.75) is 19.9 Å². The van der Waals surface area contributed by atoms with Gasteiger partial charge in [0.2, 0.25) is 11.4 Å². The second-order valence-electron chi connectivity index (χ2n) is 15.1. The molecule has 0 radical (unpaired) electrons. The minimum Gasteiger partial charge on any atom is -0.493 e. The van der Waals surface area contributed by atoms with Crippen molar-refractivity contribution in [2.75, 3.05) is 59.1 Å². The summed E-state index contributed by atoms with van der Waals surface area (Å²) in [7, 11) is 10.4. The molecule has 0 spiro atoms. The van der Waals surface area contributed by atoms with Crippen molar-refractivity contribution in [3.05, 3.63) is 89.5 Å². The van der Waals surface area contributed by atoms with E-state index >= 15 is 0 Å². The maximum absolute atomic E-state index is 13.5. The van der Waals surface area contributed by atoms with Crippen molar-refractivity contribution in [3.63, 3.8) is 0 Å². The first-order valence-electron chi connectivity index (χ1n) is 19.5. The van der Waals surface area contributed by atoms with Crippen molar-refractivity contribution in [2.24, 2.45) is 12.0 Å². The number of hydroxylamine groups is 4. The van der Waals surface area contributed by atoms with E-state index in [2.05, 4.69) is 30.8 Å². The lowest BCUT2D eigenvalue weighted by Gasteiger charge is -2.27. The molecule has 3 aromatic carbocycles. The van der Waals surface area contributed by atoms with Gasteiger partial charge in [-0.1, -0.05) is 0 Å². The van der Waals surface area contributed by atoms with Crippen molar-refractivity contribution in [3.8, 4) is 45.6 Å². The zero-order valence-corrected chi connectivity index (χ0v) is 35.1. The molecular formula is C43H47N12O6+. The van der Waals surface area contributed by atoms with Crippen LogP contribution in [0.4, 0.5) is 28.7 Å². The maximum Gasteiger partial charge on any atom is 0.312 e. The Hall–Kier alpha value is -7.28. The zero-order valence-electron chi connectivity index (χ0n) is 35.1. The van der Waals surface area contributed by atoms with Crippen LogP contribution < -0.4 is 40.2 Å². The Balaban J connectivity index is 1.10. The number of anilines is 3. The maximum atomic E-state index is 13.5. The molecule has 0 fully saturated rings. The lowest BCUT2D eigenvalue weighted by Crippen LogP contribution is -2.52. The number of hydrogen-bond acceptors (Lipinski definition) is 15. The molecule has 8 rings (SSSR count). The number of nitrogens with one attached hydrogen (secondary N) is 3. The summed E-state index contributed by atoms with van der Waals surface area (Å²) in [5.41, 5.74) is 5.36. The first kappa shape index (κ1) is 40.5. The number of likely N-dealkylation sites (N-methyl/N-ethyl adjacent to an activating group) is 1. The average molecular weight is 828 g/mol. The van der Waals surface area contributed by atoms with Gasteiger partial charge in [-0.2, -0.15) is 5.21 Å². The monoisotopic (exact) mass is 827 g/mol. The summed E-state index contributed by atoms with van der Waals surface area (Å²) >= 11 is 0. The number of ether oxygens (including phenoxy) is 2. The zero-order chi connectivity index (χ0) is 43.0. The van der Waals surface area contributed by atoms with Crippen molar-refractivity contribution in [1.82, 2.24) is 44.5 Å². The Morgan fingerprint density at radius 2 is 1.66 bits per heavy atom. The summed E-state index contributed by atoms with van der Waals surface area (Å²) in [5, 5.41) is 28.9. The molecule has 4 N–H and O–H groups in total. The minimum atomic E-state index is -0.893. The van der Waals surface area contributed by atoms with Crippen LogP contribution in [0, 0.1) is 0 Å². The van der Waals surface area contributed by atoms with Crippen LogP contribution in [0.3, 0.4) is 0 Å². The number of aryl methyl sites for hydroxylation is 1. The molecular weight excluding hydrogens is 781 g/mol. The van der Waals surface area contributed by atoms with E-state index in [-0.39, 0.29) is 24.0 Å². The largest absolute Gasteiger partial charge is 0.493 e. The predicted molar refractivity (Wildman–Crippen MR) is 235 cm³/mol. The molecule has 0 bridgehead atoms. The Bertz CT molecular complexity index is 2840. The third-order valence-corrected chi connectivity index (χ3v) is 10.0. The predicted octanol–water partition coefficient (Wildman–Crippen LogP) is 6.67. The molecule has 61 heavy (non-hydrogen) atoms. The number of benzene rings is 3. The molecule has 18 nitrogen and oxygen atoms in total. The van der Waals surface area contributed by atoms with Crippen molar-refractivity contribution >= 4 is 56.8 Å². The van der Waals surface area contributed by atoms with Crippen LogP contribution in [0.2, 0.25) is 0 Å². The summed E-state index contributed by atoms with van der Waals surface area (Å²) in [6.07, 6.45) is 3.08. The minimum absolute atomic E-state index is 0.106. The number of rotatable bonds is 14. The van der Waals surface area contributed by atoms with E-state index in [1.807, 2.05) is 81.4 Å². The molecule has 7 aromatic rings. The van der Waals surface area contributed by atoms with Gasteiger partial charge in [-0.3, -0.25) is 14.7 Å². The topological polar surface area (TPSA) is 189 Å². The Kier molecular flexibility index (Phi) is 10.9.